The normalized spacial score (nSPS) is 23.9. The molecule has 1 aromatic carbocycles. The lowest BCUT2D eigenvalue weighted by Gasteiger charge is -2.32. The van der Waals surface area contributed by atoms with Crippen molar-refractivity contribution < 1.29 is 9.90 Å². The summed E-state index contributed by atoms with van der Waals surface area (Å²) in [4.78, 5) is 10.6. The maximum absolute atomic E-state index is 10.6. The molecule has 1 aliphatic rings. The van der Waals surface area contributed by atoms with Crippen LogP contribution in [0.2, 0.25) is 0 Å². The SMILES string of the molecule is N#Cc1ccc([C@H]2C[C@H](C(=O)O)C2)cc1. The third kappa shape index (κ3) is 1.84. The molecule has 0 atom stereocenters. The molecule has 1 aliphatic carbocycles. The summed E-state index contributed by atoms with van der Waals surface area (Å²) in [5.41, 5.74) is 1.79. The summed E-state index contributed by atoms with van der Waals surface area (Å²) < 4.78 is 0. The van der Waals surface area contributed by atoms with Gasteiger partial charge in [0.25, 0.3) is 0 Å². The van der Waals surface area contributed by atoms with Crippen LogP contribution in [0.5, 0.6) is 0 Å². The molecular formula is C12H11NO2. The van der Waals surface area contributed by atoms with Crippen molar-refractivity contribution in [3.63, 3.8) is 0 Å². The molecule has 2 rings (SSSR count). The summed E-state index contributed by atoms with van der Waals surface area (Å²) in [6.45, 7) is 0. The predicted molar refractivity (Wildman–Crippen MR) is 54.3 cm³/mol. The predicted octanol–water partition coefficient (Wildman–Crippen LogP) is 2.14. The number of benzene rings is 1. The fourth-order valence-electron chi connectivity index (χ4n) is 1.92. The van der Waals surface area contributed by atoms with Crippen LogP contribution in [-0.2, 0) is 4.79 Å². The molecule has 0 heterocycles. The maximum Gasteiger partial charge on any atom is 0.306 e. The van der Waals surface area contributed by atoms with Crippen molar-refractivity contribution in [1.29, 1.82) is 5.26 Å². The van der Waals surface area contributed by atoms with Crippen LogP contribution in [0.4, 0.5) is 0 Å². The molecular weight excluding hydrogens is 190 g/mol. The van der Waals surface area contributed by atoms with Crippen molar-refractivity contribution in [2.45, 2.75) is 18.8 Å². The van der Waals surface area contributed by atoms with Gasteiger partial charge in [0.2, 0.25) is 0 Å². The van der Waals surface area contributed by atoms with E-state index in [1.165, 1.54) is 0 Å². The molecule has 3 nitrogen and oxygen atoms in total. The molecule has 0 saturated heterocycles. The number of rotatable bonds is 2. The monoisotopic (exact) mass is 201 g/mol. The first-order chi connectivity index (χ1) is 7.20. The molecule has 0 aromatic heterocycles. The largest absolute Gasteiger partial charge is 0.481 e. The topological polar surface area (TPSA) is 61.1 Å². The van der Waals surface area contributed by atoms with Crippen LogP contribution in [0.3, 0.4) is 0 Å². The van der Waals surface area contributed by atoms with Gasteiger partial charge < -0.3 is 5.11 Å². The zero-order valence-electron chi connectivity index (χ0n) is 8.18. The third-order valence-electron chi connectivity index (χ3n) is 3.00. The van der Waals surface area contributed by atoms with Gasteiger partial charge in [-0.25, -0.2) is 0 Å². The lowest BCUT2D eigenvalue weighted by molar-refractivity contribution is -0.145. The van der Waals surface area contributed by atoms with E-state index in [1.54, 1.807) is 12.1 Å². The van der Waals surface area contributed by atoms with E-state index in [2.05, 4.69) is 6.07 Å². The summed E-state index contributed by atoms with van der Waals surface area (Å²) >= 11 is 0. The number of carboxylic acids is 1. The van der Waals surface area contributed by atoms with E-state index in [-0.39, 0.29) is 5.92 Å². The molecule has 3 heteroatoms. The van der Waals surface area contributed by atoms with Gasteiger partial charge >= 0.3 is 5.97 Å². The van der Waals surface area contributed by atoms with Crippen molar-refractivity contribution in [2.24, 2.45) is 5.92 Å². The molecule has 0 amide bonds. The van der Waals surface area contributed by atoms with Gasteiger partial charge in [0.1, 0.15) is 0 Å². The van der Waals surface area contributed by atoms with E-state index >= 15 is 0 Å². The molecule has 1 fully saturated rings. The first kappa shape index (κ1) is 9.72. The summed E-state index contributed by atoms with van der Waals surface area (Å²) in [7, 11) is 0. The van der Waals surface area contributed by atoms with Gasteiger partial charge in [-0.2, -0.15) is 5.26 Å². The van der Waals surface area contributed by atoms with Crippen molar-refractivity contribution in [1.82, 2.24) is 0 Å². The Morgan fingerprint density at radius 1 is 1.33 bits per heavy atom. The molecule has 1 saturated carbocycles. The van der Waals surface area contributed by atoms with Gasteiger partial charge in [0.05, 0.1) is 17.6 Å². The molecule has 0 radical (unpaired) electrons. The van der Waals surface area contributed by atoms with Crippen LogP contribution in [0, 0.1) is 17.2 Å². The Labute approximate surface area is 88.0 Å². The fourth-order valence-corrected chi connectivity index (χ4v) is 1.92. The molecule has 0 bridgehead atoms. The smallest absolute Gasteiger partial charge is 0.306 e. The van der Waals surface area contributed by atoms with Gasteiger partial charge in [-0.3, -0.25) is 4.79 Å². The second-order valence-corrected chi connectivity index (χ2v) is 3.94. The van der Waals surface area contributed by atoms with Gasteiger partial charge in [-0.15, -0.1) is 0 Å². The van der Waals surface area contributed by atoms with Gasteiger partial charge in [0.15, 0.2) is 0 Å². The molecule has 0 spiro atoms. The zero-order valence-corrected chi connectivity index (χ0v) is 8.18. The highest BCUT2D eigenvalue weighted by Crippen LogP contribution is 2.41. The lowest BCUT2D eigenvalue weighted by atomic mass is 9.71. The number of hydrogen-bond acceptors (Lipinski definition) is 2. The van der Waals surface area contributed by atoms with E-state index in [0.29, 0.717) is 11.5 Å². The Kier molecular flexibility index (Phi) is 2.42. The molecule has 15 heavy (non-hydrogen) atoms. The van der Waals surface area contributed by atoms with Gasteiger partial charge in [-0.05, 0) is 36.5 Å². The quantitative estimate of drug-likeness (QED) is 0.797. The van der Waals surface area contributed by atoms with Crippen LogP contribution in [0.25, 0.3) is 0 Å². The second kappa shape index (κ2) is 3.74. The van der Waals surface area contributed by atoms with Crippen molar-refractivity contribution in [3.05, 3.63) is 35.4 Å². The number of carbonyl (C=O) groups is 1. The Morgan fingerprint density at radius 2 is 1.93 bits per heavy atom. The highest BCUT2D eigenvalue weighted by Gasteiger charge is 2.34. The lowest BCUT2D eigenvalue weighted by Crippen LogP contribution is -2.28. The molecule has 76 valence electrons. The van der Waals surface area contributed by atoms with Crippen molar-refractivity contribution in [2.75, 3.05) is 0 Å². The highest BCUT2D eigenvalue weighted by molar-refractivity contribution is 5.71. The Morgan fingerprint density at radius 3 is 2.40 bits per heavy atom. The van der Waals surface area contributed by atoms with E-state index in [1.807, 2.05) is 12.1 Å². The first-order valence-corrected chi connectivity index (χ1v) is 4.93. The first-order valence-electron chi connectivity index (χ1n) is 4.93. The minimum absolute atomic E-state index is 0.175. The standard InChI is InChI=1S/C12H11NO2/c13-7-8-1-3-9(4-2-8)10-5-11(6-10)12(14)15/h1-4,10-11H,5-6H2,(H,14,15)/t10-,11-. The Bertz CT molecular complexity index is 410. The van der Waals surface area contributed by atoms with Crippen LogP contribution < -0.4 is 0 Å². The van der Waals surface area contributed by atoms with Gasteiger partial charge in [0, 0.05) is 0 Å². The van der Waals surface area contributed by atoms with E-state index < -0.39 is 5.97 Å². The zero-order chi connectivity index (χ0) is 10.8. The highest BCUT2D eigenvalue weighted by atomic mass is 16.4. The summed E-state index contributed by atoms with van der Waals surface area (Å²) in [5.74, 6) is -0.510. The summed E-state index contributed by atoms with van der Waals surface area (Å²) in [6, 6.07) is 9.46. The van der Waals surface area contributed by atoms with Crippen LogP contribution in [-0.4, -0.2) is 11.1 Å². The Balaban J connectivity index is 2.02. The number of carboxylic acid groups (broad SMARTS) is 1. The van der Waals surface area contributed by atoms with Crippen LogP contribution in [0.15, 0.2) is 24.3 Å². The van der Waals surface area contributed by atoms with Crippen LogP contribution >= 0.6 is 0 Å². The maximum atomic E-state index is 10.6. The van der Waals surface area contributed by atoms with Crippen molar-refractivity contribution >= 4 is 5.97 Å². The number of hydrogen-bond donors (Lipinski definition) is 1. The number of nitriles is 1. The molecule has 0 aliphatic heterocycles. The molecule has 1 N–H and O–H groups in total. The number of aliphatic carboxylic acids is 1. The third-order valence-corrected chi connectivity index (χ3v) is 3.00. The average molecular weight is 201 g/mol. The molecule has 1 aromatic rings. The van der Waals surface area contributed by atoms with E-state index in [0.717, 1.165) is 18.4 Å². The number of nitrogens with zero attached hydrogens (tertiary/aromatic N) is 1. The van der Waals surface area contributed by atoms with Crippen molar-refractivity contribution in [3.8, 4) is 6.07 Å². The minimum Gasteiger partial charge on any atom is -0.481 e. The van der Waals surface area contributed by atoms with E-state index in [9.17, 15) is 4.79 Å². The van der Waals surface area contributed by atoms with Crippen LogP contribution in [0.1, 0.15) is 29.9 Å². The minimum atomic E-state index is -0.695. The summed E-state index contributed by atoms with van der Waals surface area (Å²) in [6.07, 6.45) is 1.45. The average Bonchev–Trinajstić information content (AvgIpc) is 2.16. The van der Waals surface area contributed by atoms with E-state index in [4.69, 9.17) is 10.4 Å². The van der Waals surface area contributed by atoms with Gasteiger partial charge in [-0.1, -0.05) is 12.1 Å². The summed E-state index contributed by atoms with van der Waals surface area (Å²) in [5, 5.41) is 17.4. The molecule has 0 unspecified atom stereocenters. The Hall–Kier alpha value is -1.82. The fraction of sp³-hybridized carbons (Fsp3) is 0.333. The second-order valence-electron chi connectivity index (χ2n) is 3.94.